The molecule has 1 aliphatic heterocycles. The van der Waals surface area contributed by atoms with Gasteiger partial charge in [-0.05, 0) is 0 Å². The fourth-order valence-corrected chi connectivity index (χ4v) is 1.88. The molecule has 1 aromatic rings. The molecule has 9 heteroatoms. The fourth-order valence-electron chi connectivity index (χ4n) is 1.68. The lowest BCUT2D eigenvalue weighted by Crippen LogP contribution is -2.39. The molecule has 0 N–H and O–H groups in total. The second-order valence-electron chi connectivity index (χ2n) is 3.56. The van der Waals surface area contributed by atoms with Gasteiger partial charge in [0, 0.05) is 13.1 Å². The number of aromatic nitrogens is 3. The minimum absolute atomic E-state index is 0.0280. The molecule has 0 atom stereocenters. The van der Waals surface area contributed by atoms with Crippen LogP contribution in [-0.4, -0.2) is 37.9 Å². The van der Waals surface area contributed by atoms with Crippen molar-refractivity contribution in [1.29, 1.82) is 0 Å². The number of alkyl halides is 3. The van der Waals surface area contributed by atoms with Crippen LogP contribution in [0.25, 0.3) is 0 Å². The van der Waals surface area contributed by atoms with Crippen molar-refractivity contribution in [3.63, 3.8) is 0 Å². The van der Waals surface area contributed by atoms with Crippen LogP contribution in [0.2, 0.25) is 0 Å². The highest BCUT2D eigenvalue weighted by Gasteiger charge is 2.39. The van der Waals surface area contributed by atoms with Crippen LogP contribution in [0.5, 0.6) is 0 Å². The zero-order chi connectivity index (χ0) is 12.6. The van der Waals surface area contributed by atoms with Crippen LogP contribution in [-0.2, 0) is 24.1 Å². The van der Waals surface area contributed by atoms with Crippen LogP contribution >= 0.6 is 12.6 Å². The van der Waals surface area contributed by atoms with E-state index in [1.54, 1.807) is 0 Å². The Morgan fingerprint density at radius 2 is 2.06 bits per heavy atom. The Hall–Kier alpha value is -1.25. The number of amides is 1. The van der Waals surface area contributed by atoms with E-state index in [1.165, 1.54) is 4.90 Å². The summed E-state index contributed by atoms with van der Waals surface area (Å²) in [7, 11) is 0. The summed E-state index contributed by atoms with van der Waals surface area (Å²) in [5.74, 6) is -1.05. The number of carbonyl (C=O) groups excluding carboxylic acids is 1. The zero-order valence-corrected chi connectivity index (χ0v) is 9.50. The molecular formula is C8H9F3N4OS. The molecule has 0 saturated carbocycles. The van der Waals surface area contributed by atoms with E-state index >= 15 is 0 Å². The van der Waals surface area contributed by atoms with E-state index in [4.69, 9.17) is 0 Å². The standard InChI is InChI=1S/C8H9F3N4OS/c9-8(10,11)7-13-12-5-3-14(6(16)4-17)1-2-15(5)7/h17H,1-4H2. The van der Waals surface area contributed by atoms with Crippen LogP contribution in [0, 0.1) is 0 Å². The number of thiol groups is 1. The average molecular weight is 266 g/mol. The maximum absolute atomic E-state index is 12.5. The van der Waals surface area contributed by atoms with Crippen molar-refractivity contribution in [2.45, 2.75) is 19.3 Å². The van der Waals surface area contributed by atoms with Gasteiger partial charge in [0.15, 0.2) is 5.82 Å². The zero-order valence-electron chi connectivity index (χ0n) is 8.61. The molecule has 0 fully saturated rings. The van der Waals surface area contributed by atoms with Gasteiger partial charge < -0.3 is 9.47 Å². The van der Waals surface area contributed by atoms with Gasteiger partial charge in [0.1, 0.15) is 0 Å². The number of fused-ring (bicyclic) bond motifs is 1. The number of halogens is 3. The summed E-state index contributed by atoms with van der Waals surface area (Å²) < 4.78 is 38.5. The molecule has 2 heterocycles. The normalized spacial score (nSPS) is 15.9. The minimum Gasteiger partial charge on any atom is -0.333 e. The van der Waals surface area contributed by atoms with Gasteiger partial charge in [-0.1, -0.05) is 0 Å². The van der Waals surface area contributed by atoms with E-state index in [-0.39, 0.29) is 37.1 Å². The van der Waals surface area contributed by atoms with E-state index in [0.29, 0.717) is 0 Å². The van der Waals surface area contributed by atoms with E-state index in [1.807, 2.05) is 0 Å². The SMILES string of the molecule is O=C(CS)N1CCn2c(nnc2C(F)(F)F)C1. The predicted molar refractivity (Wildman–Crippen MR) is 54.3 cm³/mol. The van der Waals surface area contributed by atoms with E-state index in [2.05, 4.69) is 22.8 Å². The molecule has 1 aromatic heterocycles. The predicted octanol–water partition coefficient (Wildman–Crippen LogP) is 0.569. The Balaban J connectivity index is 2.25. The van der Waals surface area contributed by atoms with Gasteiger partial charge in [-0.2, -0.15) is 25.8 Å². The van der Waals surface area contributed by atoms with Crippen LogP contribution in [0.3, 0.4) is 0 Å². The molecule has 0 bridgehead atoms. The van der Waals surface area contributed by atoms with Crippen LogP contribution in [0.1, 0.15) is 11.6 Å². The smallest absolute Gasteiger partial charge is 0.333 e. The first-order chi connectivity index (χ1) is 7.93. The second kappa shape index (κ2) is 4.21. The minimum atomic E-state index is -4.51. The number of hydrogen-bond donors (Lipinski definition) is 1. The number of rotatable bonds is 1. The van der Waals surface area contributed by atoms with Gasteiger partial charge in [-0.15, -0.1) is 10.2 Å². The van der Waals surface area contributed by atoms with Gasteiger partial charge >= 0.3 is 6.18 Å². The summed E-state index contributed by atoms with van der Waals surface area (Å²) in [6, 6.07) is 0. The molecular weight excluding hydrogens is 257 g/mol. The van der Waals surface area contributed by atoms with Crippen molar-refractivity contribution >= 4 is 18.5 Å². The van der Waals surface area contributed by atoms with Crippen LogP contribution < -0.4 is 0 Å². The third-order valence-electron chi connectivity index (χ3n) is 2.49. The van der Waals surface area contributed by atoms with Gasteiger partial charge in [-0.25, -0.2) is 0 Å². The van der Waals surface area contributed by atoms with Gasteiger partial charge in [0.25, 0.3) is 0 Å². The highest BCUT2D eigenvalue weighted by atomic mass is 32.1. The number of nitrogens with zero attached hydrogens (tertiary/aromatic N) is 4. The first-order valence-corrected chi connectivity index (χ1v) is 5.44. The van der Waals surface area contributed by atoms with Crippen molar-refractivity contribution in [2.24, 2.45) is 0 Å². The maximum atomic E-state index is 12.5. The van der Waals surface area contributed by atoms with Crippen molar-refractivity contribution in [1.82, 2.24) is 19.7 Å². The topological polar surface area (TPSA) is 51.0 Å². The summed E-state index contributed by atoms with van der Waals surface area (Å²) in [6.07, 6.45) is -4.51. The quantitative estimate of drug-likeness (QED) is 0.756. The summed E-state index contributed by atoms with van der Waals surface area (Å²) in [5.41, 5.74) is 0. The molecule has 0 aromatic carbocycles. The molecule has 1 aliphatic rings. The molecule has 0 unspecified atom stereocenters. The summed E-state index contributed by atoms with van der Waals surface area (Å²) in [6.45, 7) is 0.312. The Labute approximate surface area is 100 Å². The number of carbonyl (C=O) groups is 1. The Kier molecular flexibility index (Phi) is 3.02. The molecule has 17 heavy (non-hydrogen) atoms. The maximum Gasteiger partial charge on any atom is 0.451 e. The lowest BCUT2D eigenvalue weighted by atomic mass is 10.3. The molecule has 0 aliphatic carbocycles. The first kappa shape index (κ1) is 12.2. The van der Waals surface area contributed by atoms with Crippen molar-refractivity contribution < 1.29 is 18.0 Å². The largest absolute Gasteiger partial charge is 0.451 e. The highest BCUT2D eigenvalue weighted by Crippen LogP contribution is 2.29. The summed E-state index contributed by atoms with van der Waals surface area (Å²) in [4.78, 5) is 12.8. The summed E-state index contributed by atoms with van der Waals surface area (Å²) >= 11 is 3.83. The van der Waals surface area contributed by atoms with Crippen molar-refractivity contribution in [2.75, 3.05) is 12.3 Å². The number of hydrogen-bond acceptors (Lipinski definition) is 4. The van der Waals surface area contributed by atoms with E-state index < -0.39 is 12.0 Å². The monoisotopic (exact) mass is 266 g/mol. The third kappa shape index (κ3) is 2.24. The second-order valence-corrected chi connectivity index (χ2v) is 3.88. The lowest BCUT2D eigenvalue weighted by molar-refractivity contribution is -0.148. The average Bonchev–Trinajstić information content (AvgIpc) is 2.70. The van der Waals surface area contributed by atoms with Crippen LogP contribution in [0.4, 0.5) is 13.2 Å². The van der Waals surface area contributed by atoms with E-state index in [9.17, 15) is 18.0 Å². The third-order valence-corrected chi connectivity index (χ3v) is 2.77. The Bertz CT molecular complexity index is 444. The van der Waals surface area contributed by atoms with Crippen molar-refractivity contribution in [3.8, 4) is 0 Å². The van der Waals surface area contributed by atoms with Gasteiger partial charge in [-0.3, -0.25) is 4.79 Å². The van der Waals surface area contributed by atoms with Gasteiger partial charge in [0.2, 0.25) is 11.7 Å². The van der Waals surface area contributed by atoms with Crippen molar-refractivity contribution in [3.05, 3.63) is 11.6 Å². The molecule has 2 rings (SSSR count). The Morgan fingerprint density at radius 3 is 2.65 bits per heavy atom. The van der Waals surface area contributed by atoms with Gasteiger partial charge in [0.05, 0.1) is 12.3 Å². The molecule has 0 saturated heterocycles. The molecule has 94 valence electrons. The molecule has 1 amide bonds. The van der Waals surface area contributed by atoms with Crippen LogP contribution in [0.15, 0.2) is 0 Å². The van der Waals surface area contributed by atoms with E-state index in [0.717, 1.165) is 4.57 Å². The Morgan fingerprint density at radius 1 is 1.35 bits per heavy atom. The fraction of sp³-hybridized carbons (Fsp3) is 0.625. The summed E-state index contributed by atoms with van der Waals surface area (Å²) in [5, 5.41) is 6.58. The molecule has 0 spiro atoms. The molecule has 5 nitrogen and oxygen atoms in total. The highest BCUT2D eigenvalue weighted by molar-refractivity contribution is 7.81. The lowest BCUT2D eigenvalue weighted by Gasteiger charge is -2.27. The molecule has 0 radical (unpaired) electrons. The first-order valence-electron chi connectivity index (χ1n) is 4.81.